The fourth-order valence-electron chi connectivity index (χ4n) is 2.11. The molecule has 0 aliphatic heterocycles. The average molecular weight is 289 g/mol. The van der Waals surface area contributed by atoms with Gasteiger partial charge in [-0.1, -0.05) is 47.5 Å². The van der Waals surface area contributed by atoms with Crippen molar-refractivity contribution < 1.29 is 4.79 Å². The minimum absolute atomic E-state index is 0.172. The maximum Gasteiger partial charge on any atom is 0.257 e. The molecule has 0 spiro atoms. The Morgan fingerprint density at radius 3 is 2.60 bits per heavy atom. The predicted octanol–water partition coefficient (Wildman–Crippen LogP) is 3.50. The Kier molecular flexibility index (Phi) is 4.30. The number of carbonyl (C=O) groups excluding carboxylic acids is 1. The lowest BCUT2D eigenvalue weighted by Gasteiger charge is -2.19. The third-order valence-electron chi connectivity index (χ3n) is 3.11. The van der Waals surface area contributed by atoms with E-state index in [0.717, 1.165) is 5.56 Å². The van der Waals surface area contributed by atoms with Crippen LogP contribution in [-0.2, 0) is 6.54 Å². The molecule has 2 aromatic rings. The smallest absolute Gasteiger partial charge is 0.257 e. The van der Waals surface area contributed by atoms with Crippen molar-refractivity contribution in [3.05, 3.63) is 64.2 Å². The van der Waals surface area contributed by atoms with Gasteiger partial charge in [-0.15, -0.1) is 0 Å². The van der Waals surface area contributed by atoms with E-state index in [1.165, 1.54) is 5.56 Å². The van der Waals surface area contributed by atoms with Crippen molar-refractivity contribution >= 4 is 23.2 Å². The SMILES string of the molecule is Cc1cccc(CN(C)C(=O)c2c(N)cccc2Cl)c1. The molecule has 0 radical (unpaired) electrons. The molecule has 2 rings (SSSR count). The number of halogens is 1. The van der Waals surface area contributed by atoms with Crippen LogP contribution < -0.4 is 5.73 Å². The van der Waals surface area contributed by atoms with E-state index in [1.54, 1.807) is 30.1 Å². The lowest BCUT2D eigenvalue weighted by molar-refractivity contribution is 0.0786. The van der Waals surface area contributed by atoms with Gasteiger partial charge in [-0.3, -0.25) is 4.79 Å². The number of carbonyl (C=O) groups is 1. The van der Waals surface area contributed by atoms with E-state index in [1.807, 2.05) is 25.1 Å². The fraction of sp³-hybridized carbons (Fsp3) is 0.188. The van der Waals surface area contributed by atoms with E-state index in [4.69, 9.17) is 17.3 Å². The zero-order chi connectivity index (χ0) is 14.7. The second-order valence-corrected chi connectivity index (χ2v) is 5.26. The summed E-state index contributed by atoms with van der Waals surface area (Å²) >= 11 is 6.07. The molecule has 1 amide bonds. The van der Waals surface area contributed by atoms with Crippen LogP contribution in [0.5, 0.6) is 0 Å². The number of nitrogen functional groups attached to an aromatic ring is 1. The molecule has 0 heterocycles. The maximum atomic E-state index is 12.4. The molecule has 0 bridgehead atoms. The first-order valence-corrected chi connectivity index (χ1v) is 6.72. The monoisotopic (exact) mass is 288 g/mol. The van der Waals surface area contributed by atoms with Gasteiger partial charge in [0.05, 0.1) is 10.6 Å². The van der Waals surface area contributed by atoms with Crippen molar-refractivity contribution in [1.29, 1.82) is 0 Å². The maximum absolute atomic E-state index is 12.4. The first kappa shape index (κ1) is 14.4. The van der Waals surface area contributed by atoms with Gasteiger partial charge in [0.25, 0.3) is 5.91 Å². The molecule has 0 fully saturated rings. The number of anilines is 1. The van der Waals surface area contributed by atoms with Gasteiger partial charge in [0.15, 0.2) is 0 Å². The number of rotatable bonds is 3. The zero-order valence-corrected chi connectivity index (χ0v) is 12.3. The number of amides is 1. The summed E-state index contributed by atoms with van der Waals surface area (Å²) in [6, 6.07) is 13.1. The van der Waals surface area contributed by atoms with Gasteiger partial charge in [-0.05, 0) is 24.6 Å². The van der Waals surface area contributed by atoms with Crippen LogP contribution in [0, 0.1) is 6.92 Å². The van der Waals surface area contributed by atoms with Gasteiger partial charge >= 0.3 is 0 Å². The normalized spacial score (nSPS) is 10.3. The molecule has 0 saturated heterocycles. The molecule has 0 aromatic heterocycles. The van der Waals surface area contributed by atoms with Crippen LogP contribution in [0.2, 0.25) is 5.02 Å². The molecule has 2 aromatic carbocycles. The van der Waals surface area contributed by atoms with Crippen LogP contribution in [0.1, 0.15) is 21.5 Å². The Labute approximate surface area is 124 Å². The molecule has 0 atom stereocenters. The average Bonchev–Trinajstić information content (AvgIpc) is 2.38. The molecule has 2 N–H and O–H groups in total. The molecule has 0 unspecified atom stereocenters. The van der Waals surface area contributed by atoms with Crippen LogP contribution in [-0.4, -0.2) is 17.9 Å². The van der Waals surface area contributed by atoms with Crippen molar-refractivity contribution in [3.63, 3.8) is 0 Å². The minimum Gasteiger partial charge on any atom is -0.398 e. The van der Waals surface area contributed by atoms with Gasteiger partial charge in [-0.2, -0.15) is 0 Å². The summed E-state index contributed by atoms with van der Waals surface area (Å²) in [5.41, 5.74) is 8.85. The van der Waals surface area contributed by atoms with E-state index in [0.29, 0.717) is 22.8 Å². The van der Waals surface area contributed by atoms with E-state index >= 15 is 0 Å². The molecule has 0 aliphatic rings. The summed E-state index contributed by atoms with van der Waals surface area (Å²) in [6.45, 7) is 2.54. The summed E-state index contributed by atoms with van der Waals surface area (Å²) in [5, 5.41) is 0.381. The van der Waals surface area contributed by atoms with Crippen LogP contribution in [0.15, 0.2) is 42.5 Å². The van der Waals surface area contributed by atoms with E-state index in [2.05, 4.69) is 6.07 Å². The Morgan fingerprint density at radius 2 is 1.95 bits per heavy atom. The third kappa shape index (κ3) is 3.11. The second kappa shape index (κ2) is 5.97. The highest BCUT2D eigenvalue weighted by Crippen LogP contribution is 2.23. The summed E-state index contributed by atoms with van der Waals surface area (Å²) in [5.74, 6) is -0.172. The van der Waals surface area contributed by atoms with E-state index in [-0.39, 0.29) is 5.91 Å². The standard InChI is InChI=1S/C16H17ClN2O/c1-11-5-3-6-12(9-11)10-19(2)16(20)15-13(17)7-4-8-14(15)18/h3-9H,10,18H2,1-2H3. The van der Waals surface area contributed by atoms with Crippen molar-refractivity contribution in [2.45, 2.75) is 13.5 Å². The van der Waals surface area contributed by atoms with Gasteiger partial charge in [0.1, 0.15) is 0 Å². The first-order valence-electron chi connectivity index (χ1n) is 6.34. The Balaban J connectivity index is 2.21. The lowest BCUT2D eigenvalue weighted by atomic mass is 10.1. The second-order valence-electron chi connectivity index (χ2n) is 4.85. The van der Waals surface area contributed by atoms with Crippen LogP contribution >= 0.6 is 11.6 Å². The molecule has 20 heavy (non-hydrogen) atoms. The molecule has 3 nitrogen and oxygen atoms in total. The van der Waals surface area contributed by atoms with Gasteiger partial charge < -0.3 is 10.6 Å². The quantitative estimate of drug-likeness (QED) is 0.879. The van der Waals surface area contributed by atoms with Crippen LogP contribution in [0.3, 0.4) is 0 Å². The molecule has 104 valence electrons. The van der Waals surface area contributed by atoms with Crippen molar-refractivity contribution in [1.82, 2.24) is 4.90 Å². The van der Waals surface area contributed by atoms with E-state index in [9.17, 15) is 4.79 Å². The summed E-state index contributed by atoms with van der Waals surface area (Å²) < 4.78 is 0. The molecule has 4 heteroatoms. The van der Waals surface area contributed by atoms with Crippen molar-refractivity contribution in [2.24, 2.45) is 0 Å². The highest BCUT2D eigenvalue weighted by Gasteiger charge is 2.18. The largest absolute Gasteiger partial charge is 0.398 e. The fourth-order valence-corrected chi connectivity index (χ4v) is 2.38. The Hall–Kier alpha value is -2.00. The Morgan fingerprint density at radius 1 is 1.25 bits per heavy atom. The number of nitrogens with zero attached hydrogens (tertiary/aromatic N) is 1. The van der Waals surface area contributed by atoms with E-state index < -0.39 is 0 Å². The topological polar surface area (TPSA) is 46.3 Å². The van der Waals surface area contributed by atoms with Gasteiger partial charge in [0.2, 0.25) is 0 Å². The highest BCUT2D eigenvalue weighted by molar-refractivity contribution is 6.34. The Bertz CT molecular complexity index is 620. The van der Waals surface area contributed by atoms with Gasteiger partial charge in [0, 0.05) is 19.3 Å². The first-order chi connectivity index (χ1) is 9.49. The summed E-state index contributed by atoms with van der Waals surface area (Å²) in [4.78, 5) is 14.1. The van der Waals surface area contributed by atoms with Crippen molar-refractivity contribution in [2.75, 3.05) is 12.8 Å². The lowest BCUT2D eigenvalue weighted by Crippen LogP contribution is -2.27. The van der Waals surface area contributed by atoms with Gasteiger partial charge in [-0.25, -0.2) is 0 Å². The summed E-state index contributed by atoms with van der Waals surface area (Å²) in [7, 11) is 1.74. The van der Waals surface area contributed by atoms with Crippen molar-refractivity contribution in [3.8, 4) is 0 Å². The number of hydrogen-bond donors (Lipinski definition) is 1. The molecule has 0 aliphatic carbocycles. The highest BCUT2D eigenvalue weighted by atomic mass is 35.5. The number of hydrogen-bond acceptors (Lipinski definition) is 2. The number of aryl methyl sites for hydroxylation is 1. The predicted molar refractivity (Wildman–Crippen MR) is 82.8 cm³/mol. The minimum atomic E-state index is -0.172. The zero-order valence-electron chi connectivity index (χ0n) is 11.6. The molecular formula is C16H17ClN2O. The molecule has 0 saturated carbocycles. The van der Waals surface area contributed by atoms with Crippen LogP contribution in [0.4, 0.5) is 5.69 Å². The third-order valence-corrected chi connectivity index (χ3v) is 3.42. The molecular weight excluding hydrogens is 272 g/mol. The number of benzene rings is 2. The van der Waals surface area contributed by atoms with Crippen LogP contribution in [0.25, 0.3) is 0 Å². The number of nitrogens with two attached hydrogens (primary N) is 1. The summed E-state index contributed by atoms with van der Waals surface area (Å²) in [6.07, 6.45) is 0.